The lowest BCUT2D eigenvalue weighted by atomic mass is 10.2. The summed E-state index contributed by atoms with van der Waals surface area (Å²) in [5, 5.41) is 3.12. The van der Waals surface area contributed by atoms with Gasteiger partial charge < -0.3 is 10.1 Å². The fourth-order valence-corrected chi connectivity index (χ4v) is 1.64. The van der Waals surface area contributed by atoms with Crippen LogP contribution in [0, 0.1) is 0 Å². The van der Waals surface area contributed by atoms with Gasteiger partial charge in [-0.05, 0) is 18.2 Å². The molecular weight excluding hydrogens is 266 g/mol. The summed E-state index contributed by atoms with van der Waals surface area (Å²) in [4.78, 5) is 19.8. The second-order valence-corrected chi connectivity index (χ2v) is 4.11. The first kappa shape index (κ1) is 13.3. The number of methoxy groups -OCH3 is 1. The predicted octanol–water partition coefficient (Wildman–Crippen LogP) is 2.07. The first-order chi connectivity index (χ1) is 9.20. The van der Waals surface area contributed by atoms with Gasteiger partial charge in [0.15, 0.2) is 0 Å². The molecule has 2 aromatic rings. The molecule has 1 N–H and O–H groups in total. The van der Waals surface area contributed by atoms with Gasteiger partial charge in [0, 0.05) is 24.5 Å². The number of halogens is 1. The van der Waals surface area contributed by atoms with Gasteiger partial charge in [0.1, 0.15) is 5.15 Å². The van der Waals surface area contributed by atoms with E-state index in [0.717, 1.165) is 5.56 Å². The highest BCUT2D eigenvalue weighted by molar-refractivity contribution is 6.29. The van der Waals surface area contributed by atoms with Gasteiger partial charge in [-0.2, -0.15) is 0 Å². The van der Waals surface area contributed by atoms with Crippen molar-refractivity contribution in [3.05, 3.63) is 52.9 Å². The van der Waals surface area contributed by atoms with Crippen molar-refractivity contribution >= 4 is 17.5 Å². The molecule has 0 spiro atoms. The number of hydrogen-bond donors (Lipinski definition) is 1. The number of amides is 1. The molecule has 0 fully saturated rings. The van der Waals surface area contributed by atoms with Crippen molar-refractivity contribution in [1.82, 2.24) is 15.3 Å². The summed E-state index contributed by atoms with van der Waals surface area (Å²) in [5.74, 6) is 0.270. The Kier molecular flexibility index (Phi) is 4.30. The Morgan fingerprint density at radius 3 is 2.89 bits per heavy atom. The second-order valence-electron chi connectivity index (χ2n) is 3.72. The van der Waals surface area contributed by atoms with Crippen molar-refractivity contribution < 1.29 is 9.53 Å². The van der Waals surface area contributed by atoms with E-state index in [0.29, 0.717) is 23.1 Å². The topological polar surface area (TPSA) is 64.1 Å². The van der Waals surface area contributed by atoms with Gasteiger partial charge in [0.05, 0.1) is 12.7 Å². The van der Waals surface area contributed by atoms with Crippen molar-refractivity contribution in [3.8, 4) is 5.88 Å². The number of ether oxygens (including phenoxy) is 1. The van der Waals surface area contributed by atoms with E-state index in [1.165, 1.54) is 13.3 Å². The third-order valence-corrected chi connectivity index (χ3v) is 2.70. The molecule has 0 saturated heterocycles. The number of nitrogens with zero attached hydrogens (tertiary/aromatic N) is 2. The van der Waals surface area contributed by atoms with Crippen LogP contribution in [0.1, 0.15) is 15.9 Å². The largest absolute Gasteiger partial charge is 0.481 e. The number of carbonyl (C=O) groups excluding carboxylic acids is 1. The molecular formula is C13H12ClN3O2. The summed E-state index contributed by atoms with van der Waals surface area (Å²) < 4.78 is 5.11. The third-order valence-electron chi connectivity index (χ3n) is 2.47. The van der Waals surface area contributed by atoms with Gasteiger partial charge in [0.25, 0.3) is 5.91 Å². The van der Waals surface area contributed by atoms with E-state index in [9.17, 15) is 4.79 Å². The molecule has 6 heteroatoms. The molecule has 0 aliphatic rings. The van der Waals surface area contributed by atoms with Crippen LogP contribution in [0.25, 0.3) is 0 Å². The van der Waals surface area contributed by atoms with Crippen LogP contribution in [0.15, 0.2) is 36.7 Å². The van der Waals surface area contributed by atoms with Gasteiger partial charge in [0.2, 0.25) is 5.88 Å². The van der Waals surface area contributed by atoms with Crippen LogP contribution >= 0.6 is 11.6 Å². The fraction of sp³-hybridized carbons (Fsp3) is 0.154. The number of carbonyl (C=O) groups is 1. The lowest BCUT2D eigenvalue weighted by Crippen LogP contribution is -2.23. The quantitative estimate of drug-likeness (QED) is 0.869. The second kappa shape index (κ2) is 6.15. The van der Waals surface area contributed by atoms with Crippen LogP contribution in [-0.4, -0.2) is 23.0 Å². The minimum Gasteiger partial charge on any atom is -0.481 e. The van der Waals surface area contributed by atoms with Crippen molar-refractivity contribution in [1.29, 1.82) is 0 Å². The number of nitrogens with one attached hydrogen (secondary N) is 1. The van der Waals surface area contributed by atoms with Crippen LogP contribution in [0.2, 0.25) is 5.15 Å². The van der Waals surface area contributed by atoms with Crippen molar-refractivity contribution in [2.24, 2.45) is 0 Å². The predicted molar refractivity (Wildman–Crippen MR) is 71.2 cm³/mol. The molecule has 0 bridgehead atoms. The van der Waals surface area contributed by atoms with E-state index < -0.39 is 0 Å². The summed E-state index contributed by atoms with van der Waals surface area (Å²) in [6, 6.07) is 6.81. The highest BCUT2D eigenvalue weighted by atomic mass is 35.5. The maximum absolute atomic E-state index is 11.9. The Morgan fingerprint density at radius 2 is 2.21 bits per heavy atom. The van der Waals surface area contributed by atoms with Gasteiger partial charge in [-0.1, -0.05) is 17.7 Å². The van der Waals surface area contributed by atoms with Crippen molar-refractivity contribution in [2.45, 2.75) is 6.54 Å². The van der Waals surface area contributed by atoms with E-state index in [2.05, 4.69) is 15.3 Å². The van der Waals surface area contributed by atoms with E-state index >= 15 is 0 Å². The highest BCUT2D eigenvalue weighted by Crippen LogP contribution is 2.13. The molecule has 5 nitrogen and oxygen atoms in total. The molecule has 0 radical (unpaired) electrons. The molecule has 0 atom stereocenters. The van der Waals surface area contributed by atoms with Crippen LogP contribution < -0.4 is 10.1 Å². The van der Waals surface area contributed by atoms with E-state index in [4.69, 9.17) is 16.3 Å². The fourth-order valence-electron chi connectivity index (χ4n) is 1.53. The van der Waals surface area contributed by atoms with Crippen molar-refractivity contribution in [3.63, 3.8) is 0 Å². The van der Waals surface area contributed by atoms with E-state index in [1.807, 2.05) is 6.07 Å². The highest BCUT2D eigenvalue weighted by Gasteiger charge is 2.08. The van der Waals surface area contributed by atoms with Crippen molar-refractivity contribution in [2.75, 3.05) is 7.11 Å². The Balaban J connectivity index is 2.02. The monoisotopic (exact) mass is 277 g/mol. The molecule has 2 heterocycles. The zero-order valence-electron chi connectivity index (χ0n) is 10.3. The maximum Gasteiger partial charge on any atom is 0.253 e. The molecule has 2 rings (SSSR count). The Hall–Kier alpha value is -2.14. The summed E-state index contributed by atoms with van der Waals surface area (Å²) in [6.45, 7) is 0.332. The molecule has 2 aromatic heterocycles. The zero-order valence-corrected chi connectivity index (χ0v) is 11.0. The maximum atomic E-state index is 11.9. The summed E-state index contributed by atoms with van der Waals surface area (Å²) in [5.41, 5.74) is 1.26. The molecule has 0 aliphatic carbocycles. The van der Waals surface area contributed by atoms with E-state index in [1.54, 1.807) is 24.4 Å². The number of aromatic nitrogens is 2. The van der Waals surface area contributed by atoms with Gasteiger partial charge in [-0.25, -0.2) is 9.97 Å². The van der Waals surface area contributed by atoms with Crippen LogP contribution in [0.4, 0.5) is 0 Å². The Labute approximate surface area is 115 Å². The van der Waals surface area contributed by atoms with E-state index in [-0.39, 0.29) is 5.91 Å². The van der Waals surface area contributed by atoms with Crippen LogP contribution in [0.3, 0.4) is 0 Å². The minimum atomic E-state index is -0.227. The van der Waals surface area contributed by atoms with Gasteiger partial charge >= 0.3 is 0 Å². The smallest absolute Gasteiger partial charge is 0.253 e. The molecule has 0 aromatic carbocycles. The number of pyridine rings is 2. The Bertz CT molecular complexity index is 572. The molecule has 1 amide bonds. The Morgan fingerprint density at radius 1 is 1.37 bits per heavy atom. The molecule has 0 unspecified atom stereocenters. The lowest BCUT2D eigenvalue weighted by molar-refractivity contribution is 0.0950. The molecule has 19 heavy (non-hydrogen) atoms. The summed E-state index contributed by atoms with van der Waals surface area (Å²) in [7, 11) is 1.54. The normalized spacial score (nSPS) is 10.0. The standard InChI is InChI=1S/C13H12ClN3O2/c1-19-13-10(3-2-6-15-13)8-17-12(18)9-4-5-11(14)16-7-9/h2-7H,8H2,1H3,(H,17,18). The number of hydrogen-bond acceptors (Lipinski definition) is 4. The average Bonchev–Trinajstić information content (AvgIpc) is 2.45. The van der Waals surface area contributed by atoms with Crippen LogP contribution in [0.5, 0.6) is 5.88 Å². The SMILES string of the molecule is COc1ncccc1CNC(=O)c1ccc(Cl)nc1. The van der Waals surface area contributed by atoms with Crippen LogP contribution in [-0.2, 0) is 6.54 Å². The summed E-state index contributed by atoms with van der Waals surface area (Å²) >= 11 is 5.66. The van der Waals surface area contributed by atoms with Gasteiger partial charge in [-0.15, -0.1) is 0 Å². The number of rotatable bonds is 4. The van der Waals surface area contributed by atoms with Gasteiger partial charge in [-0.3, -0.25) is 4.79 Å². The molecule has 98 valence electrons. The third kappa shape index (κ3) is 3.42. The zero-order chi connectivity index (χ0) is 13.7. The molecule has 0 saturated carbocycles. The first-order valence-corrected chi connectivity index (χ1v) is 5.96. The average molecular weight is 278 g/mol. The molecule has 0 aliphatic heterocycles. The lowest BCUT2D eigenvalue weighted by Gasteiger charge is -2.08. The minimum absolute atomic E-state index is 0.227. The first-order valence-electron chi connectivity index (χ1n) is 5.58. The summed E-state index contributed by atoms with van der Waals surface area (Å²) in [6.07, 6.45) is 3.06.